The molecule has 1 saturated heterocycles. The lowest BCUT2D eigenvalue weighted by molar-refractivity contribution is -0.121. The van der Waals surface area contributed by atoms with Gasteiger partial charge < -0.3 is 4.74 Å². The molecule has 1 fully saturated rings. The predicted octanol–water partition coefficient (Wildman–Crippen LogP) is 2.69. The standard InChI is InChI=1S/C14H13NO3S2/c1-3-15-12(16)11(20-14(15)19)8-9-4-6-10(7-5-9)13(17)18-2/h4-8H,3H2,1-2H3. The molecule has 1 aromatic rings. The molecule has 2 rings (SSSR count). The maximum atomic E-state index is 12.0. The summed E-state index contributed by atoms with van der Waals surface area (Å²) in [5, 5.41) is 0. The fourth-order valence-corrected chi connectivity index (χ4v) is 3.14. The van der Waals surface area contributed by atoms with E-state index >= 15 is 0 Å². The molecule has 6 heteroatoms. The topological polar surface area (TPSA) is 46.6 Å². The van der Waals surface area contributed by atoms with Crippen molar-refractivity contribution in [2.75, 3.05) is 13.7 Å². The Bertz CT molecular complexity index is 593. The van der Waals surface area contributed by atoms with Gasteiger partial charge in [0, 0.05) is 6.54 Å². The number of esters is 1. The molecule has 0 unspecified atom stereocenters. The van der Waals surface area contributed by atoms with Crippen molar-refractivity contribution in [1.82, 2.24) is 4.90 Å². The average Bonchev–Trinajstić information content (AvgIpc) is 2.73. The second kappa shape index (κ2) is 6.19. The van der Waals surface area contributed by atoms with Gasteiger partial charge in [-0.25, -0.2) is 4.79 Å². The molecule has 0 radical (unpaired) electrons. The number of amides is 1. The first-order valence-electron chi connectivity index (χ1n) is 6.00. The lowest BCUT2D eigenvalue weighted by Gasteiger charge is -2.09. The number of carbonyl (C=O) groups excluding carboxylic acids is 2. The molecule has 0 aliphatic carbocycles. The molecule has 0 saturated carbocycles. The third-order valence-electron chi connectivity index (χ3n) is 2.82. The first-order valence-corrected chi connectivity index (χ1v) is 7.23. The third-order valence-corrected chi connectivity index (χ3v) is 4.20. The number of carbonyl (C=O) groups is 2. The van der Waals surface area contributed by atoms with Crippen molar-refractivity contribution in [3.8, 4) is 0 Å². The molecule has 0 spiro atoms. The molecular formula is C14H13NO3S2. The van der Waals surface area contributed by atoms with E-state index < -0.39 is 0 Å². The van der Waals surface area contributed by atoms with E-state index in [1.54, 1.807) is 35.2 Å². The van der Waals surface area contributed by atoms with Crippen LogP contribution in [-0.2, 0) is 9.53 Å². The van der Waals surface area contributed by atoms with Crippen molar-refractivity contribution in [3.05, 3.63) is 40.3 Å². The quantitative estimate of drug-likeness (QED) is 0.488. The van der Waals surface area contributed by atoms with Crippen molar-refractivity contribution >= 4 is 46.3 Å². The van der Waals surface area contributed by atoms with E-state index in [0.717, 1.165) is 5.56 Å². The summed E-state index contributed by atoms with van der Waals surface area (Å²) in [7, 11) is 1.34. The molecule has 1 amide bonds. The molecule has 0 aromatic heterocycles. The molecule has 1 heterocycles. The number of hydrogen-bond donors (Lipinski definition) is 0. The Morgan fingerprint density at radius 1 is 1.40 bits per heavy atom. The number of ether oxygens (including phenoxy) is 1. The summed E-state index contributed by atoms with van der Waals surface area (Å²) < 4.78 is 5.21. The highest BCUT2D eigenvalue weighted by atomic mass is 32.2. The highest BCUT2D eigenvalue weighted by Crippen LogP contribution is 2.32. The normalized spacial score (nSPS) is 16.9. The highest BCUT2D eigenvalue weighted by molar-refractivity contribution is 8.26. The van der Waals surface area contributed by atoms with Gasteiger partial charge in [-0.15, -0.1) is 0 Å². The maximum Gasteiger partial charge on any atom is 0.337 e. The van der Waals surface area contributed by atoms with Gasteiger partial charge in [-0.3, -0.25) is 9.69 Å². The summed E-state index contributed by atoms with van der Waals surface area (Å²) in [4.78, 5) is 25.5. The van der Waals surface area contributed by atoms with Crippen molar-refractivity contribution < 1.29 is 14.3 Å². The van der Waals surface area contributed by atoms with Crippen LogP contribution in [0, 0.1) is 0 Å². The first-order chi connectivity index (χ1) is 9.56. The molecule has 1 aliphatic rings. The lowest BCUT2D eigenvalue weighted by Crippen LogP contribution is -2.27. The van der Waals surface area contributed by atoms with E-state index in [2.05, 4.69) is 4.74 Å². The maximum absolute atomic E-state index is 12.0. The van der Waals surface area contributed by atoms with Crippen LogP contribution in [0.15, 0.2) is 29.2 Å². The number of nitrogens with zero attached hydrogens (tertiary/aromatic N) is 1. The van der Waals surface area contributed by atoms with Crippen LogP contribution in [0.3, 0.4) is 0 Å². The minimum Gasteiger partial charge on any atom is -0.465 e. The number of thiocarbonyl (C=S) groups is 1. The Kier molecular flexibility index (Phi) is 4.57. The number of rotatable bonds is 3. The summed E-state index contributed by atoms with van der Waals surface area (Å²) in [6.45, 7) is 2.46. The summed E-state index contributed by atoms with van der Waals surface area (Å²) in [6, 6.07) is 6.87. The van der Waals surface area contributed by atoms with Crippen molar-refractivity contribution in [2.45, 2.75) is 6.92 Å². The number of hydrogen-bond acceptors (Lipinski definition) is 5. The smallest absolute Gasteiger partial charge is 0.337 e. The molecule has 104 valence electrons. The average molecular weight is 307 g/mol. The van der Waals surface area contributed by atoms with Crippen molar-refractivity contribution in [2.24, 2.45) is 0 Å². The SMILES string of the molecule is CCN1C(=O)C(=Cc2ccc(C(=O)OC)cc2)SC1=S. The van der Waals surface area contributed by atoms with Crippen LogP contribution in [0.1, 0.15) is 22.8 Å². The number of methoxy groups -OCH3 is 1. The third kappa shape index (κ3) is 2.91. The molecular weight excluding hydrogens is 294 g/mol. The van der Waals surface area contributed by atoms with Gasteiger partial charge in [0.25, 0.3) is 5.91 Å². The zero-order valence-electron chi connectivity index (χ0n) is 11.1. The molecule has 1 aliphatic heterocycles. The van der Waals surface area contributed by atoms with Gasteiger partial charge in [0.1, 0.15) is 4.32 Å². The number of benzene rings is 1. The van der Waals surface area contributed by atoms with Gasteiger partial charge >= 0.3 is 5.97 Å². The van der Waals surface area contributed by atoms with E-state index in [-0.39, 0.29) is 11.9 Å². The van der Waals surface area contributed by atoms with Gasteiger partial charge in [0.15, 0.2) is 0 Å². The Balaban J connectivity index is 2.22. The number of thioether (sulfide) groups is 1. The minimum absolute atomic E-state index is 0.0699. The Hall–Kier alpha value is -1.66. The summed E-state index contributed by atoms with van der Waals surface area (Å²) in [6.07, 6.45) is 1.77. The Labute approximate surface area is 126 Å². The summed E-state index contributed by atoms with van der Waals surface area (Å²) >= 11 is 6.44. The monoisotopic (exact) mass is 307 g/mol. The van der Waals surface area contributed by atoms with Crippen LogP contribution < -0.4 is 0 Å². The molecule has 1 aromatic carbocycles. The second-order valence-corrected chi connectivity index (χ2v) is 5.72. The van der Waals surface area contributed by atoms with Gasteiger partial charge in [0.05, 0.1) is 17.6 Å². The van der Waals surface area contributed by atoms with Gasteiger partial charge in [0.2, 0.25) is 0 Å². The minimum atomic E-state index is -0.381. The Morgan fingerprint density at radius 2 is 2.05 bits per heavy atom. The zero-order chi connectivity index (χ0) is 14.7. The van der Waals surface area contributed by atoms with Crippen molar-refractivity contribution in [1.29, 1.82) is 0 Å². The lowest BCUT2D eigenvalue weighted by atomic mass is 10.1. The van der Waals surface area contributed by atoms with Crippen molar-refractivity contribution in [3.63, 3.8) is 0 Å². The molecule has 0 N–H and O–H groups in total. The predicted molar refractivity (Wildman–Crippen MR) is 83.3 cm³/mol. The van der Waals surface area contributed by atoms with Gasteiger partial charge in [-0.05, 0) is 30.7 Å². The summed E-state index contributed by atoms with van der Waals surface area (Å²) in [5.41, 5.74) is 1.32. The largest absolute Gasteiger partial charge is 0.465 e. The zero-order valence-corrected chi connectivity index (χ0v) is 12.7. The van der Waals surface area contributed by atoms with Crippen LogP contribution >= 0.6 is 24.0 Å². The molecule has 0 bridgehead atoms. The number of likely N-dealkylation sites (N-methyl/N-ethyl adjacent to an activating group) is 1. The molecule has 20 heavy (non-hydrogen) atoms. The van der Waals surface area contributed by atoms with Crippen LogP contribution in [0.25, 0.3) is 6.08 Å². The van der Waals surface area contributed by atoms with E-state index in [9.17, 15) is 9.59 Å². The van der Waals surface area contributed by atoms with Crippen LogP contribution in [0.4, 0.5) is 0 Å². The second-order valence-electron chi connectivity index (χ2n) is 4.04. The van der Waals surface area contributed by atoms with Gasteiger partial charge in [-0.1, -0.05) is 36.1 Å². The van der Waals surface area contributed by atoms with Crippen LogP contribution in [0.5, 0.6) is 0 Å². The Morgan fingerprint density at radius 3 is 2.55 bits per heavy atom. The first kappa shape index (κ1) is 14.7. The van der Waals surface area contributed by atoms with Gasteiger partial charge in [-0.2, -0.15) is 0 Å². The van der Waals surface area contributed by atoms with E-state index in [1.807, 2.05) is 6.92 Å². The van der Waals surface area contributed by atoms with E-state index in [4.69, 9.17) is 12.2 Å². The molecule has 0 atom stereocenters. The molecule has 4 nitrogen and oxygen atoms in total. The fourth-order valence-electron chi connectivity index (χ4n) is 1.76. The van der Waals surface area contributed by atoms with E-state index in [1.165, 1.54) is 18.9 Å². The fraction of sp³-hybridized carbons (Fsp3) is 0.214. The highest BCUT2D eigenvalue weighted by Gasteiger charge is 2.30. The van der Waals surface area contributed by atoms with Crippen LogP contribution in [0.2, 0.25) is 0 Å². The van der Waals surface area contributed by atoms with E-state index in [0.29, 0.717) is 21.3 Å². The van der Waals surface area contributed by atoms with Crippen LogP contribution in [-0.4, -0.2) is 34.8 Å². The summed E-state index contributed by atoms with van der Waals surface area (Å²) in [5.74, 6) is -0.451.